The fraction of sp³-hybridized carbons (Fsp3) is 0.357. The minimum absolute atomic E-state index is 0.0339. The number of non-ortho nitro benzene ring substituents is 1. The van der Waals surface area contributed by atoms with Gasteiger partial charge in [-0.2, -0.15) is 0 Å². The van der Waals surface area contributed by atoms with E-state index >= 15 is 0 Å². The van der Waals surface area contributed by atoms with Crippen LogP contribution >= 0.6 is 0 Å². The molecule has 0 spiro atoms. The minimum Gasteiger partial charge on any atom is -0.396 e. The van der Waals surface area contributed by atoms with E-state index in [-0.39, 0.29) is 24.3 Å². The first-order valence-electron chi connectivity index (χ1n) is 6.44. The molecule has 0 amide bonds. The van der Waals surface area contributed by atoms with Gasteiger partial charge in [0.2, 0.25) is 0 Å². The Morgan fingerprint density at radius 3 is 2.80 bits per heavy atom. The van der Waals surface area contributed by atoms with E-state index in [9.17, 15) is 10.1 Å². The zero-order valence-corrected chi connectivity index (χ0v) is 11.4. The van der Waals surface area contributed by atoms with Gasteiger partial charge in [-0.15, -0.1) is 0 Å². The van der Waals surface area contributed by atoms with Crippen LogP contribution in [-0.2, 0) is 0 Å². The van der Waals surface area contributed by atoms with Crippen molar-refractivity contribution in [1.29, 1.82) is 0 Å². The van der Waals surface area contributed by atoms with E-state index in [0.29, 0.717) is 10.9 Å². The molecule has 2 aromatic rings. The maximum absolute atomic E-state index is 11.0. The molecule has 0 bridgehead atoms. The highest BCUT2D eigenvalue weighted by atomic mass is 16.6. The van der Waals surface area contributed by atoms with Crippen LogP contribution in [0.5, 0.6) is 0 Å². The van der Waals surface area contributed by atoms with E-state index < -0.39 is 4.92 Å². The molecule has 2 atom stereocenters. The van der Waals surface area contributed by atoms with E-state index in [1.165, 1.54) is 6.07 Å². The molecule has 0 aliphatic carbocycles. The van der Waals surface area contributed by atoms with Crippen molar-refractivity contribution in [1.82, 2.24) is 4.98 Å². The molecule has 0 radical (unpaired) electrons. The number of nitro benzene ring substituents is 1. The predicted molar refractivity (Wildman–Crippen MR) is 77.7 cm³/mol. The largest absolute Gasteiger partial charge is 0.396 e. The van der Waals surface area contributed by atoms with Gasteiger partial charge >= 0.3 is 0 Å². The molecule has 1 aromatic carbocycles. The first-order chi connectivity index (χ1) is 9.54. The summed E-state index contributed by atoms with van der Waals surface area (Å²) in [5.41, 5.74) is 1.35. The Morgan fingerprint density at radius 2 is 2.15 bits per heavy atom. The van der Waals surface area contributed by atoms with Crippen LogP contribution < -0.4 is 5.32 Å². The van der Waals surface area contributed by atoms with Crippen molar-refractivity contribution in [2.75, 3.05) is 11.9 Å². The molecule has 1 aromatic heterocycles. The van der Waals surface area contributed by atoms with Crippen molar-refractivity contribution < 1.29 is 10.0 Å². The lowest BCUT2D eigenvalue weighted by atomic mass is 10.0. The van der Waals surface area contributed by atoms with Crippen LogP contribution in [0.4, 0.5) is 11.4 Å². The zero-order chi connectivity index (χ0) is 14.7. The molecular formula is C14H17N3O3. The zero-order valence-electron chi connectivity index (χ0n) is 11.4. The average molecular weight is 275 g/mol. The summed E-state index contributed by atoms with van der Waals surface area (Å²) in [6.07, 6.45) is 1.61. The standard InChI is InChI=1S/C14H17N3O3/c1-9(8-18)10(2)16-12-5-6-13(17(19)20)11-4-3-7-15-14(11)12/h3-7,9-10,16,18H,8H2,1-2H3. The van der Waals surface area contributed by atoms with E-state index in [0.717, 1.165) is 5.69 Å². The van der Waals surface area contributed by atoms with Crippen molar-refractivity contribution in [2.45, 2.75) is 19.9 Å². The number of fused-ring (bicyclic) bond motifs is 1. The smallest absolute Gasteiger partial charge is 0.278 e. The number of anilines is 1. The second-order valence-corrected chi connectivity index (χ2v) is 4.88. The summed E-state index contributed by atoms with van der Waals surface area (Å²) in [6, 6.07) is 6.54. The molecule has 6 nitrogen and oxygen atoms in total. The van der Waals surface area contributed by atoms with Gasteiger partial charge in [0.05, 0.1) is 16.0 Å². The number of aromatic nitrogens is 1. The van der Waals surface area contributed by atoms with Crippen LogP contribution in [-0.4, -0.2) is 27.7 Å². The van der Waals surface area contributed by atoms with Crippen LogP contribution in [0.3, 0.4) is 0 Å². The molecule has 0 aliphatic rings. The summed E-state index contributed by atoms with van der Waals surface area (Å²) >= 11 is 0. The van der Waals surface area contributed by atoms with Crippen molar-refractivity contribution in [3.63, 3.8) is 0 Å². The third-order valence-corrected chi connectivity index (χ3v) is 3.47. The van der Waals surface area contributed by atoms with E-state index in [1.807, 2.05) is 13.8 Å². The SMILES string of the molecule is CC(CO)C(C)Nc1ccc([N+](=O)[O-])c2cccnc12. The lowest BCUT2D eigenvalue weighted by molar-refractivity contribution is -0.383. The molecule has 1 heterocycles. The Balaban J connectivity index is 2.46. The molecule has 106 valence electrons. The van der Waals surface area contributed by atoms with Gasteiger partial charge in [0, 0.05) is 24.9 Å². The first-order valence-corrected chi connectivity index (χ1v) is 6.44. The van der Waals surface area contributed by atoms with Gasteiger partial charge in [-0.3, -0.25) is 15.1 Å². The molecule has 0 aliphatic heterocycles. The van der Waals surface area contributed by atoms with E-state index in [2.05, 4.69) is 10.3 Å². The molecule has 0 saturated heterocycles. The highest BCUT2D eigenvalue weighted by Gasteiger charge is 2.17. The second kappa shape index (κ2) is 5.83. The molecule has 2 N–H and O–H groups in total. The van der Waals surface area contributed by atoms with Gasteiger partial charge < -0.3 is 10.4 Å². The van der Waals surface area contributed by atoms with Gasteiger partial charge in [-0.1, -0.05) is 6.92 Å². The highest BCUT2D eigenvalue weighted by molar-refractivity contribution is 5.96. The summed E-state index contributed by atoms with van der Waals surface area (Å²) in [7, 11) is 0. The maximum Gasteiger partial charge on any atom is 0.278 e. The summed E-state index contributed by atoms with van der Waals surface area (Å²) in [5, 5.41) is 24.0. The van der Waals surface area contributed by atoms with Crippen LogP contribution in [0.15, 0.2) is 30.5 Å². The van der Waals surface area contributed by atoms with Crippen molar-refractivity contribution in [3.8, 4) is 0 Å². The van der Waals surface area contributed by atoms with E-state index in [1.54, 1.807) is 24.4 Å². The van der Waals surface area contributed by atoms with Crippen LogP contribution in [0, 0.1) is 16.0 Å². The molecule has 0 fully saturated rings. The van der Waals surface area contributed by atoms with Gasteiger partial charge in [-0.05, 0) is 31.0 Å². The van der Waals surface area contributed by atoms with Gasteiger partial charge in [0.1, 0.15) is 5.52 Å². The number of rotatable bonds is 5. The van der Waals surface area contributed by atoms with Gasteiger partial charge in [-0.25, -0.2) is 0 Å². The molecule has 2 rings (SSSR count). The lowest BCUT2D eigenvalue weighted by Crippen LogP contribution is -2.26. The Kier molecular flexibility index (Phi) is 4.14. The predicted octanol–water partition coefficient (Wildman–Crippen LogP) is 2.57. The number of aliphatic hydroxyl groups is 1. The number of aliphatic hydroxyl groups excluding tert-OH is 1. The fourth-order valence-corrected chi connectivity index (χ4v) is 1.98. The molecule has 2 unspecified atom stereocenters. The molecule has 20 heavy (non-hydrogen) atoms. The fourth-order valence-electron chi connectivity index (χ4n) is 1.98. The molecule has 6 heteroatoms. The number of hydrogen-bond acceptors (Lipinski definition) is 5. The number of nitrogens with zero attached hydrogens (tertiary/aromatic N) is 2. The van der Waals surface area contributed by atoms with Crippen LogP contribution in [0.1, 0.15) is 13.8 Å². The number of nitrogens with one attached hydrogen (secondary N) is 1. The van der Waals surface area contributed by atoms with Crippen molar-refractivity contribution in [2.24, 2.45) is 5.92 Å². The summed E-state index contributed by atoms with van der Waals surface area (Å²) in [6.45, 7) is 3.96. The summed E-state index contributed by atoms with van der Waals surface area (Å²) in [5.74, 6) is 0.0731. The summed E-state index contributed by atoms with van der Waals surface area (Å²) in [4.78, 5) is 14.9. The first kappa shape index (κ1) is 14.2. The minimum atomic E-state index is -0.409. The monoisotopic (exact) mass is 275 g/mol. The lowest BCUT2D eigenvalue weighted by Gasteiger charge is -2.21. The Labute approximate surface area is 116 Å². The molecular weight excluding hydrogens is 258 g/mol. The van der Waals surface area contributed by atoms with Gasteiger partial charge in [0.25, 0.3) is 5.69 Å². The average Bonchev–Trinajstić information content (AvgIpc) is 2.46. The number of pyridine rings is 1. The number of benzene rings is 1. The summed E-state index contributed by atoms with van der Waals surface area (Å²) < 4.78 is 0. The van der Waals surface area contributed by atoms with Gasteiger partial charge in [0.15, 0.2) is 0 Å². The second-order valence-electron chi connectivity index (χ2n) is 4.88. The highest BCUT2D eigenvalue weighted by Crippen LogP contribution is 2.30. The third-order valence-electron chi connectivity index (χ3n) is 3.47. The quantitative estimate of drug-likeness (QED) is 0.646. The van der Waals surface area contributed by atoms with Crippen molar-refractivity contribution in [3.05, 3.63) is 40.6 Å². The Bertz CT molecular complexity index is 630. The Hall–Kier alpha value is -2.21. The van der Waals surface area contributed by atoms with Crippen LogP contribution in [0.25, 0.3) is 10.9 Å². The number of nitro groups is 1. The Morgan fingerprint density at radius 1 is 1.40 bits per heavy atom. The van der Waals surface area contributed by atoms with Crippen LogP contribution in [0.2, 0.25) is 0 Å². The normalized spacial score (nSPS) is 13.9. The third kappa shape index (κ3) is 2.70. The molecule has 0 saturated carbocycles. The topological polar surface area (TPSA) is 88.3 Å². The maximum atomic E-state index is 11.0. The van der Waals surface area contributed by atoms with E-state index in [4.69, 9.17) is 5.11 Å². The number of hydrogen-bond donors (Lipinski definition) is 2. The van der Waals surface area contributed by atoms with Crippen molar-refractivity contribution >= 4 is 22.3 Å².